The topological polar surface area (TPSA) is 55.8 Å². The van der Waals surface area contributed by atoms with Gasteiger partial charge in [-0.3, -0.25) is 4.79 Å². The third-order valence-electron chi connectivity index (χ3n) is 6.40. The molecular formula is C25H21FO4. The Morgan fingerprint density at radius 2 is 1.77 bits per heavy atom. The van der Waals surface area contributed by atoms with Gasteiger partial charge in [0, 0.05) is 11.0 Å². The van der Waals surface area contributed by atoms with Crippen molar-refractivity contribution in [2.45, 2.75) is 24.7 Å². The maximum Gasteiger partial charge on any atom is 0.307 e. The van der Waals surface area contributed by atoms with E-state index in [0.29, 0.717) is 17.1 Å². The molecule has 5 rings (SSSR count). The summed E-state index contributed by atoms with van der Waals surface area (Å²) in [6.45, 7) is 0. The van der Waals surface area contributed by atoms with Crippen LogP contribution in [-0.4, -0.2) is 18.2 Å². The molecule has 3 aromatic carbocycles. The minimum Gasteiger partial charge on any atom is -0.497 e. The summed E-state index contributed by atoms with van der Waals surface area (Å²) in [5, 5.41) is 9.35. The van der Waals surface area contributed by atoms with Gasteiger partial charge in [0.15, 0.2) is 0 Å². The Morgan fingerprint density at radius 1 is 1.03 bits per heavy atom. The maximum atomic E-state index is 14.2. The van der Waals surface area contributed by atoms with Crippen LogP contribution < -0.4 is 9.47 Å². The van der Waals surface area contributed by atoms with Gasteiger partial charge in [0.2, 0.25) is 0 Å². The summed E-state index contributed by atoms with van der Waals surface area (Å²) in [5.41, 5.74) is 3.38. The molecule has 30 heavy (non-hydrogen) atoms. The van der Waals surface area contributed by atoms with Crippen molar-refractivity contribution in [1.82, 2.24) is 0 Å². The molecule has 1 unspecified atom stereocenters. The van der Waals surface area contributed by atoms with E-state index in [2.05, 4.69) is 0 Å². The van der Waals surface area contributed by atoms with Crippen molar-refractivity contribution in [1.29, 1.82) is 0 Å². The lowest BCUT2D eigenvalue weighted by molar-refractivity contribution is -0.139. The summed E-state index contributed by atoms with van der Waals surface area (Å²) in [4.78, 5) is 11.4. The molecule has 5 heteroatoms. The van der Waals surface area contributed by atoms with Gasteiger partial charge >= 0.3 is 5.97 Å². The first-order chi connectivity index (χ1) is 14.5. The number of aryl methyl sites for hydroxylation is 1. The fraction of sp³-hybridized carbons (Fsp3) is 0.240. The highest BCUT2D eigenvalue weighted by Gasteiger charge is 2.61. The van der Waals surface area contributed by atoms with Gasteiger partial charge in [-0.25, -0.2) is 4.39 Å². The predicted octanol–water partition coefficient (Wildman–Crippen LogP) is 5.58. The lowest BCUT2D eigenvalue weighted by atomic mass is 9.95. The predicted molar refractivity (Wildman–Crippen MR) is 111 cm³/mol. The van der Waals surface area contributed by atoms with Crippen molar-refractivity contribution in [2.75, 3.05) is 7.11 Å². The average Bonchev–Trinajstić information content (AvgIpc) is 3.39. The van der Waals surface area contributed by atoms with E-state index in [4.69, 9.17) is 9.47 Å². The number of methoxy groups -OCH3 is 1. The Hall–Kier alpha value is -3.34. The van der Waals surface area contributed by atoms with Gasteiger partial charge in [-0.05, 0) is 78.4 Å². The van der Waals surface area contributed by atoms with Gasteiger partial charge in [0.1, 0.15) is 23.1 Å². The van der Waals surface area contributed by atoms with Crippen LogP contribution in [0.25, 0.3) is 11.1 Å². The molecule has 0 radical (unpaired) electrons. The number of hydrogen-bond acceptors (Lipinski definition) is 3. The number of ether oxygens (including phenoxy) is 2. The number of rotatable bonds is 5. The molecule has 1 N–H and O–H groups in total. The molecular weight excluding hydrogens is 383 g/mol. The Balaban J connectivity index is 1.35. The van der Waals surface area contributed by atoms with Gasteiger partial charge in [0.05, 0.1) is 13.0 Å². The second-order valence-electron chi connectivity index (χ2n) is 8.04. The highest BCUT2D eigenvalue weighted by molar-refractivity contribution is 5.78. The van der Waals surface area contributed by atoms with Gasteiger partial charge in [-0.1, -0.05) is 18.2 Å². The highest BCUT2D eigenvalue weighted by Crippen LogP contribution is 2.61. The van der Waals surface area contributed by atoms with Crippen LogP contribution in [0.5, 0.6) is 17.2 Å². The summed E-state index contributed by atoms with van der Waals surface area (Å²) in [6.07, 6.45) is 2.51. The third-order valence-corrected chi connectivity index (χ3v) is 6.40. The van der Waals surface area contributed by atoms with Crippen molar-refractivity contribution in [3.05, 3.63) is 77.6 Å². The van der Waals surface area contributed by atoms with Crippen LogP contribution in [0, 0.1) is 11.7 Å². The number of carboxylic acid groups (broad SMARTS) is 1. The van der Waals surface area contributed by atoms with Crippen molar-refractivity contribution in [3.8, 4) is 28.4 Å². The number of carbonyl (C=O) groups is 1. The molecule has 0 bridgehead atoms. The first kappa shape index (κ1) is 18.7. The number of carboxylic acids is 1. The number of halogens is 1. The van der Waals surface area contributed by atoms with Gasteiger partial charge in [-0.2, -0.15) is 0 Å². The monoisotopic (exact) mass is 404 g/mol. The van der Waals surface area contributed by atoms with E-state index in [1.807, 2.05) is 42.5 Å². The molecule has 2 aliphatic carbocycles. The summed E-state index contributed by atoms with van der Waals surface area (Å²) in [5.74, 6) is 0.717. The largest absolute Gasteiger partial charge is 0.497 e. The van der Waals surface area contributed by atoms with Crippen LogP contribution >= 0.6 is 0 Å². The fourth-order valence-corrected chi connectivity index (χ4v) is 4.71. The van der Waals surface area contributed by atoms with Crippen LogP contribution in [0.4, 0.5) is 4.39 Å². The second-order valence-corrected chi connectivity index (χ2v) is 8.04. The van der Waals surface area contributed by atoms with Crippen LogP contribution in [0.2, 0.25) is 0 Å². The molecule has 0 aromatic heterocycles. The Labute approximate surface area is 173 Å². The molecule has 1 saturated carbocycles. The number of aliphatic carboxylic acids is 1. The van der Waals surface area contributed by atoms with Crippen molar-refractivity contribution >= 4 is 5.97 Å². The summed E-state index contributed by atoms with van der Waals surface area (Å²) >= 11 is 0. The van der Waals surface area contributed by atoms with E-state index in [1.165, 1.54) is 11.6 Å². The van der Waals surface area contributed by atoms with Gasteiger partial charge < -0.3 is 14.6 Å². The molecule has 0 saturated heterocycles. The zero-order valence-corrected chi connectivity index (χ0v) is 16.5. The van der Waals surface area contributed by atoms with Crippen LogP contribution in [-0.2, 0) is 16.6 Å². The first-order valence-electron chi connectivity index (χ1n) is 9.98. The molecule has 0 heterocycles. The molecule has 152 valence electrons. The molecule has 1 fully saturated rings. The van der Waals surface area contributed by atoms with Crippen molar-refractivity contribution in [2.24, 2.45) is 5.92 Å². The minimum absolute atomic E-state index is 0.165. The molecule has 1 spiro atoms. The van der Waals surface area contributed by atoms with E-state index in [0.717, 1.165) is 36.1 Å². The standard InChI is InChI=1S/C25H21FO4/c1-29-18-7-9-23(26)20(13-18)15-2-4-17(5-3-15)30-19-6-8-21-16(12-19)10-11-25(21)14-22(25)24(27)28/h2-9,12-13,22H,10-11,14H2,1H3,(H,27,28)/t22-,25?/m0/s1. The van der Waals surface area contributed by atoms with Crippen LogP contribution in [0.1, 0.15) is 24.0 Å². The van der Waals surface area contributed by atoms with E-state index < -0.39 is 5.97 Å². The van der Waals surface area contributed by atoms with E-state index >= 15 is 0 Å². The SMILES string of the molecule is COc1ccc(F)c(-c2ccc(Oc3ccc4c(c3)CCC43C[C@H]3C(=O)O)cc2)c1. The molecule has 3 aromatic rings. The maximum absolute atomic E-state index is 14.2. The number of hydrogen-bond donors (Lipinski definition) is 1. The smallest absolute Gasteiger partial charge is 0.307 e. The minimum atomic E-state index is -0.698. The molecule has 2 aliphatic rings. The molecule has 0 amide bonds. The Bertz CT molecular complexity index is 1140. The molecule has 0 aliphatic heterocycles. The summed E-state index contributed by atoms with van der Waals surface area (Å²) < 4.78 is 25.4. The Morgan fingerprint density at radius 3 is 2.47 bits per heavy atom. The normalized spacial score (nSPS) is 21.3. The second kappa shape index (κ2) is 6.87. The highest BCUT2D eigenvalue weighted by atomic mass is 19.1. The van der Waals surface area contributed by atoms with Gasteiger partial charge in [0.25, 0.3) is 0 Å². The van der Waals surface area contributed by atoms with E-state index in [-0.39, 0.29) is 17.2 Å². The zero-order valence-electron chi connectivity index (χ0n) is 16.5. The van der Waals surface area contributed by atoms with E-state index in [9.17, 15) is 14.3 Å². The third kappa shape index (κ3) is 3.02. The van der Waals surface area contributed by atoms with Crippen LogP contribution in [0.15, 0.2) is 60.7 Å². The first-order valence-corrected chi connectivity index (χ1v) is 9.98. The number of benzene rings is 3. The van der Waals surface area contributed by atoms with Crippen molar-refractivity contribution in [3.63, 3.8) is 0 Å². The Kier molecular flexibility index (Phi) is 4.28. The lowest BCUT2D eigenvalue weighted by Gasteiger charge is -2.12. The van der Waals surface area contributed by atoms with Crippen molar-refractivity contribution < 1.29 is 23.8 Å². The number of fused-ring (bicyclic) bond motifs is 2. The average molecular weight is 404 g/mol. The molecule has 4 nitrogen and oxygen atoms in total. The van der Waals surface area contributed by atoms with Crippen LogP contribution in [0.3, 0.4) is 0 Å². The quantitative estimate of drug-likeness (QED) is 0.603. The van der Waals surface area contributed by atoms with E-state index in [1.54, 1.807) is 19.2 Å². The zero-order chi connectivity index (χ0) is 20.9. The summed E-state index contributed by atoms with van der Waals surface area (Å²) in [6, 6.07) is 17.8. The fourth-order valence-electron chi connectivity index (χ4n) is 4.71. The summed E-state index contributed by atoms with van der Waals surface area (Å²) in [7, 11) is 1.55. The molecule has 2 atom stereocenters. The van der Waals surface area contributed by atoms with Gasteiger partial charge in [-0.15, -0.1) is 0 Å². The lowest BCUT2D eigenvalue weighted by Crippen LogP contribution is -2.11.